The topological polar surface area (TPSA) is 37.8 Å². The van der Waals surface area contributed by atoms with E-state index in [9.17, 15) is 0 Å². The van der Waals surface area contributed by atoms with E-state index in [-0.39, 0.29) is 0 Å². The fraction of sp³-hybridized carbons (Fsp3) is 0.167. The first kappa shape index (κ1) is 10.9. The molecule has 0 amide bonds. The first-order valence-corrected chi connectivity index (χ1v) is 5.48. The van der Waals surface area contributed by atoms with E-state index in [4.69, 9.17) is 11.6 Å². The van der Waals surface area contributed by atoms with Gasteiger partial charge in [0.15, 0.2) is 0 Å². The average Bonchev–Trinajstić information content (AvgIpc) is 2.30. The summed E-state index contributed by atoms with van der Waals surface area (Å²) in [5, 5.41) is 3.72. The zero-order chi connectivity index (χ0) is 11.2. The first-order chi connectivity index (χ1) is 7.84. The molecule has 4 heteroatoms. The Morgan fingerprint density at radius 3 is 2.88 bits per heavy atom. The lowest BCUT2D eigenvalue weighted by atomic mass is 10.2. The molecule has 1 N–H and O–H groups in total. The van der Waals surface area contributed by atoms with Crippen LogP contribution in [0.2, 0.25) is 5.15 Å². The van der Waals surface area contributed by atoms with E-state index in [2.05, 4.69) is 21.4 Å². The Morgan fingerprint density at radius 2 is 2.12 bits per heavy atom. The Bertz CT molecular complexity index is 445. The maximum absolute atomic E-state index is 5.78. The summed E-state index contributed by atoms with van der Waals surface area (Å²) in [5.41, 5.74) is 1.21. The molecule has 0 spiro atoms. The third kappa shape index (κ3) is 3.21. The summed E-state index contributed by atoms with van der Waals surface area (Å²) >= 11 is 5.78. The van der Waals surface area contributed by atoms with Gasteiger partial charge in [0.25, 0.3) is 0 Å². The highest BCUT2D eigenvalue weighted by Crippen LogP contribution is 2.09. The van der Waals surface area contributed by atoms with Gasteiger partial charge in [-0.05, 0) is 30.2 Å². The van der Waals surface area contributed by atoms with Gasteiger partial charge in [0, 0.05) is 18.9 Å². The van der Waals surface area contributed by atoms with Gasteiger partial charge in [0.05, 0.1) is 0 Å². The molecule has 0 aliphatic carbocycles. The maximum Gasteiger partial charge on any atom is 0.131 e. The highest BCUT2D eigenvalue weighted by atomic mass is 35.5. The normalized spacial score (nSPS) is 10.1. The van der Waals surface area contributed by atoms with E-state index in [1.165, 1.54) is 5.56 Å². The van der Waals surface area contributed by atoms with Crippen LogP contribution in [0.15, 0.2) is 42.7 Å². The molecule has 0 unspecified atom stereocenters. The quantitative estimate of drug-likeness (QED) is 0.826. The van der Waals surface area contributed by atoms with E-state index in [1.54, 1.807) is 12.3 Å². The van der Waals surface area contributed by atoms with Crippen molar-refractivity contribution in [2.75, 3.05) is 11.9 Å². The van der Waals surface area contributed by atoms with Gasteiger partial charge in [-0.3, -0.25) is 4.98 Å². The van der Waals surface area contributed by atoms with Gasteiger partial charge in [0.2, 0.25) is 0 Å². The van der Waals surface area contributed by atoms with Crippen molar-refractivity contribution in [3.05, 3.63) is 53.4 Å². The molecule has 0 aliphatic rings. The van der Waals surface area contributed by atoms with Crippen LogP contribution >= 0.6 is 11.6 Å². The molecule has 2 aromatic rings. The molecule has 2 heterocycles. The number of pyridine rings is 2. The van der Waals surface area contributed by atoms with Gasteiger partial charge < -0.3 is 5.32 Å². The lowest BCUT2D eigenvalue weighted by molar-refractivity contribution is 0.994. The SMILES string of the molecule is Clc1cccc(NCCc2cccnc2)n1. The summed E-state index contributed by atoms with van der Waals surface area (Å²) in [6.45, 7) is 0.818. The molecule has 16 heavy (non-hydrogen) atoms. The second kappa shape index (κ2) is 5.47. The van der Waals surface area contributed by atoms with Gasteiger partial charge >= 0.3 is 0 Å². The maximum atomic E-state index is 5.78. The summed E-state index contributed by atoms with van der Waals surface area (Å²) in [7, 11) is 0. The zero-order valence-corrected chi connectivity index (χ0v) is 9.48. The molecule has 2 aromatic heterocycles. The lowest BCUT2D eigenvalue weighted by Crippen LogP contribution is -2.06. The second-order valence-corrected chi connectivity index (χ2v) is 3.77. The number of aromatic nitrogens is 2. The summed E-state index contributed by atoms with van der Waals surface area (Å²) in [6.07, 6.45) is 4.56. The number of hydrogen-bond acceptors (Lipinski definition) is 3. The zero-order valence-electron chi connectivity index (χ0n) is 8.73. The molecule has 2 rings (SSSR count). The number of rotatable bonds is 4. The van der Waals surface area contributed by atoms with Crippen molar-refractivity contribution in [2.45, 2.75) is 6.42 Å². The fourth-order valence-corrected chi connectivity index (χ4v) is 1.55. The summed E-state index contributed by atoms with van der Waals surface area (Å²) < 4.78 is 0. The van der Waals surface area contributed by atoms with E-state index in [0.717, 1.165) is 18.8 Å². The van der Waals surface area contributed by atoms with Crippen molar-refractivity contribution in [1.82, 2.24) is 9.97 Å². The fourth-order valence-electron chi connectivity index (χ4n) is 1.39. The van der Waals surface area contributed by atoms with Crippen molar-refractivity contribution in [3.63, 3.8) is 0 Å². The number of nitrogens with one attached hydrogen (secondary N) is 1. The highest BCUT2D eigenvalue weighted by Gasteiger charge is 1.95. The van der Waals surface area contributed by atoms with Gasteiger partial charge in [-0.25, -0.2) is 4.98 Å². The van der Waals surface area contributed by atoms with E-state index < -0.39 is 0 Å². The minimum absolute atomic E-state index is 0.506. The standard InChI is InChI=1S/C12H12ClN3/c13-11-4-1-5-12(16-11)15-8-6-10-3-2-7-14-9-10/h1-5,7,9H,6,8H2,(H,15,16). The molecule has 0 aromatic carbocycles. The summed E-state index contributed by atoms with van der Waals surface area (Å²) in [6, 6.07) is 9.53. The Morgan fingerprint density at radius 1 is 1.19 bits per heavy atom. The van der Waals surface area contributed by atoms with Crippen LogP contribution < -0.4 is 5.32 Å². The average molecular weight is 234 g/mol. The van der Waals surface area contributed by atoms with E-state index in [1.807, 2.05) is 24.4 Å². The molecule has 0 saturated heterocycles. The molecule has 0 saturated carbocycles. The molecule has 0 bridgehead atoms. The van der Waals surface area contributed by atoms with Crippen molar-refractivity contribution in [2.24, 2.45) is 0 Å². The number of anilines is 1. The monoisotopic (exact) mass is 233 g/mol. The predicted molar refractivity (Wildman–Crippen MR) is 65.7 cm³/mol. The van der Waals surface area contributed by atoms with Crippen LogP contribution in [-0.2, 0) is 6.42 Å². The first-order valence-electron chi connectivity index (χ1n) is 5.10. The van der Waals surface area contributed by atoms with Crippen molar-refractivity contribution in [1.29, 1.82) is 0 Å². The lowest BCUT2D eigenvalue weighted by Gasteiger charge is -2.05. The molecule has 0 radical (unpaired) electrons. The Kier molecular flexibility index (Phi) is 3.72. The van der Waals surface area contributed by atoms with Gasteiger partial charge in [-0.15, -0.1) is 0 Å². The second-order valence-electron chi connectivity index (χ2n) is 3.38. The molecule has 0 atom stereocenters. The predicted octanol–water partition coefficient (Wildman–Crippen LogP) is 2.78. The van der Waals surface area contributed by atoms with Gasteiger partial charge in [-0.1, -0.05) is 23.7 Å². The van der Waals surface area contributed by atoms with Crippen LogP contribution in [-0.4, -0.2) is 16.5 Å². The molecular formula is C12H12ClN3. The van der Waals surface area contributed by atoms with Crippen LogP contribution in [0.3, 0.4) is 0 Å². The van der Waals surface area contributed by atoms with Crippen LogP contribution in [0, 0.1) is 0 Å². The Hall–Kier alpha value is -1.61. The van der Waals surface area contributed by atoms with Crippen LogP contribution in [0.4, 0.5) is 5.82 Å². The van der Waals surface area contributed by atoms with E-state index >= 15 is 0 Å². The van der Waals surface area contributed by atoms with E-state index in [0.29, 0.717) is 5.15 Å². The number of hydrogen-bond donors (Lipinski definition) is 1. The molecule has 0 aliphatic heterocycles. The third-order valence-corrected chi connectivity index (χ3v) is 2.37. The van der Waals surface area contributed by atoms with Gasteiger partial charge in [0.1, 0.15) is 11.0 Å². The van der Waals surface area contributed by atoms with Crippen molar-refractivity contribution >= 4 is 17.4 Å². The van der Waals surface area contributed by atoms with Crippen LogP contribution in [0.1, 0.15) is 5.56 Å². The van der Waals surface area contributed by atoms with Crippen molar-refractivity contribution < 1.29 is 0 Å². The Balaban J connectivity index is 1.85. The molecule has 0 fully saturated rings. The van der Waals surface area contributed by atoms with Gasteiger partial charge in [-0.2, -0.15) is 0 Å². The van der Waals surface area contributed by atoms with Crippen LogP contribution in [0.25, 0.3) is 0 Å². The number of nitrogens with zero attached hydrogens (tertiary/aromatic N) is 2. The minimum atomic E-state index is 0.506. The number of halogens is 1. The Labute approximate surface area is 99.5 Å². The summed E-state index contributed by atoms with van der Waals surface area (Å²) in [5.74, 6) is 0.802. The molecular weight excluding hydrogens is 222 g/mol. The smallest absolute Gasteiger partial charge is 0.131 e. The minimum Gasteiger partial charge on any atom is -0.370 e. The molecule has 3 nitrogen and oxygen atoms in total. The highest BCUT2D eigenvalue weighted by molar-refractivity contribution is 6.29. The largest absolute Gasteiger partial charge is 0.370 e. The van der Waals surface area contributed by atoms with Crippen molar-refractivity contribution in [3.8, 4) is 0 Å². The molecule has 82 valence electrons. The van der Waals surface area contributed by atoms with Crippen LogP contribution in [0.5, 0.6) is 0 Å². The third-order valence-electron chi connectivity index (χ3n) is 2.16. The summed E-state index contributed by atoms with van der Waals surface area (Å²) in [4.78, 5) is 8.20.